The van der Waals surface area contributed by atoms with Crippen molar-refractivity contribution in [3.63, 3.8) is 0 Å². The second-order valence-corrected chi connectivity index (χ2v) is 5.32. The Hall–Kier alpha value is -2.52. The van der Waals surface area contributed by atoms with Gasteiger partial charge in [-0.2, -0.15) is 4.98 Å². The van der Waals surface area contributed by atoms with E-state index in [4.69, 9.17) is 10.3 Å². The van der Waals surface area contributed by atoms with Crippen molar-refractivity contribution in [2.75, 3.05) is 31.1 Å². The van der Waals surface area contributed by atoms with Crippen LogP contribution < -0.4 is 10.6 Å². The highest BCUT2D eigenvalue weighted by Crippen LogP contribution is 2.28. The van der Waals surface area contributed by atoms with Crippen LogP contribution in [0.4, 0.5) is 11.4 Å². The Morgan fingerprint density at radius 1 is 1.26 bits per heavy atom. The number of aromatic nitrogens is 2. The van der Waals surface area contributed by atoms with Gasteiger partial charge in [-0.15, -0.1) is 0 Å². The normalized spacial score (nSPS) is 15.8. The first-order chi connectivity index (χ1) is 11.2. The van der Waals surface area contributed by atoms with Crippen LogP contribution in [0.3, 0.4) is 0 Å². The van der Waals surface area contributed by atoms with Crippen molar-refractivity contribution in [1.82, 2.24) is 15.0 Å². The smallest absolute Gasteiger partial charge is 0.292 e. The summed E-state index contributed by atoms with van der Waals surface area (Å²) in [6.07, 6.45) is 0. The first-order valence-electron chi connectivity index (χ1n) is 7.39. The number of piperazine rings is 1. The number of para-hydroxylation sites is 2. The Balaban J connectivity index is 1.61. The van der Waals surface area contributed by atoms with E-state index >= 15 is 0 Å². The third kappa shape index (κ3) is 3.46. The van der Waals surface area contributed by atoms with Crippen LogP contribution in [-0.4, -0.2) is 46.1 Å². The molecule has 122 valence electrons. The molecule has 0 unspecified atom stereocenters. The summed E-state index contributed by atoms with van der Waals surface area (Å²) in [5.41, 5.74) is 6.26. The zero-order chi connectivity index (χ0) is 16.2. The zero-order valence-electron chi connectivity index (χ0n) is 12.6. The highest BCUT2D eigenvalue weighted by molar-refractivity contribution is 5.63. The molecule has 0 saturated carbocycles. The Morgan fingerprint density at radius 3 is 2.65 bits per heavy atom. The molecule has 1 aromatic heterocycles. The summed E-state index contributed by atoms with van der Waals surface area (Å²) in [6.45, 7) is 3.81. The van der Waals surface area contributed by atoms with E-state index in [1.54, 1.807) is 12.1 Å². The number of hydrogen-bond acceptors (Lipinski definition) is 8. The number of nitrogens with zero attached hydrogens (tertiary/aromatic N) is 5. The molecule has 9 nitrogen and oxygen atoms in total. The molecule has 23 heavy (non-hydrogen) atoms. The lowest BCUT2D eigenvalue weighted by Crippen LogP contribution is -2.46. The van der Waals surface area contributed by atoms with Crippen LogP contribution in [0.2, 0.25) is 0 Å². The van der Waals surface area contributed by atoms with E-state index in [9.17, 15) is 10.1 Å². The average molecular weight is 318 g/mol. The van der Waals surface area contributed by atoms with Crippen molar-refractivity contribution in [3.05, 3.63) is 46.1 Å². The van der Waals surface area contributed by atoms with Crippen LogP contribution in [0, 0.1) is 10.1 Å². The van der Waals surface area contributed by atoms with Gasteiger partial charge in [0.1, 0.15) is 5.69 Å². The monoisotopic (exact) mass is 318 g/mol. The van der Waals surface area contributed by atoms with Gasteiger partial charge in [0.05, 0.1) is 18.0 Å². The van der Waals surface area contributed by atoms with Crippen molar-refractivity contribution >= 4 is 11.4 Å². The third-order valence-corrected chi connectivity index (χ3v) is 3.84. The highest BCUT2D eigenvalue weighted by Gasteiger charge is 2.23. The van der Waals surface area contributed by atoms with Crippen LogP contribution in [0.25, 0.3) is 0 Å². The van der Waals surface area contributed by atoms with Gasteiger partial charge in [0.2, 0.25) is 5.89 Å². The van der Waals surface area contributed by atoms with E-state index in [1.807, 2.05) is 11.0 Å². The Labute approximate surface area is 132 Å². The lowest BCUT2D eigenvalue weighted by molar-refractivity contribution is -0.384. The molecule has 2 heterocycles. The topological polar surface area (TPSA) is 115 Å². The number of benzene rings is 1. The van der Waals surface area contributed by atoms with Gasteiger partial charge < -0.3 is 15.2 Å². The van der Waals surface area contributed by atoms with Crippen LogP contribution in [0.5, 0.6) is 0 Å². The predicted molar refractivity (Wildman–Crippen MR) is 82.8 cm³/mol. The van der Waals surface area contributed by atoms with E-state index in [1.165, 1.54) is 6.07 Å². The summed E-state index contributed by atoms with van der Waals surface area (Å²) in [6, 6.07) is 6.83. The molecule has 3 rings (SSSR count). The van der Waals surface area contributed by atoms with Gasteiger partial charge in [-0.25, -0.2) is 0 Å². The Bertz CT molecular complexity index is 681. The molecule has 9 heteroatoms. The second-order valence-electron chi connectivity index (χ2n) is 5.32. The standard InChI is InChI=1S/C14H18N6O3/c15-9-14-16-13(17-23-14)10-18-5-7-19(8-6-18)11-3-1-2-4-12(11)20(21)22/h1-4H,5-10,15H2. The summed E-state index contributed by atoms with van der Waals surface area (Å²) in [5.74, 6) is 1.04. The Morgan fingerprint density at radius 2 is 2.00 bits per heavy atom. The second kappa shape index (κ2) is 6.71. The molecular weight excluding hydrogens is 300 g/mol. The molecule has 0 amide bonds. The molecule has 1 saturated heterocycles. The van der Waals surface area contributed by atoms with Gasteiger partial charge in [-0.3, -0.25) is 15.0 Å². The van der Waals surface area contributed by atoms with Crippen molar-refractivity contribution in [2.45, 2.75) is 13.1 Å². The van der Waals surface area contributed by atoms with Gasteiger partial charge in [0.15, 0.2) is 5.82 Å². The molecule has 0 aliphatic carbocycles. The van der Waals surface area contributed by atoms with Crippen LogP contribution in [0.1, 0.15) is 11.7 Å². The fraction of sp³-hybridized carbons (Fsp3) is 0.429. The van der Waals surface area contributed by atoms with E-state index in [2.05, 4.69) is 15.0 Å². The molecule has 0 bridgehead atoms. The van der Waals surface area contributed by atoms with Gasteiger partial charge in [-0.1, -0.05) is 17.3 Å². The maximum Gasteiger partial charge on any atom is 0.292 e. The SMILES string of the molecule is NCc1nc(CN2CCN(c3ccccc3[N+](=O)[O-])CC2)no1. The van der Waals surface area contributed by atoms with Gasteiger partial charge in [-0.05, 0) is 6.07 Å². The summed E-state index contributed by atoms with van der Waals surface area (Å²) < 4.78 is 4.99. The minimum atomic E-state index is -0.338. The summed E-state index contributed by atoms with van der Waals surface area (Å²) >= 11 is 0. The molecule has 2 N–H and O–H groups in total. The maximum absolute atomic E-state index is 11.1. The molecule has 2 aromatic rings. The van der Waals surface area contributed by atoms with Crippen LogP contribution in [-0.2, 0) is 13.1 Å². The summed E-state index contributed by atoms with van der Waals surface area (Å²) in [7, 11) is 0. The number of nitrogens with two attached hydrogens (primary N) is 1. The molecular formula is C14H18N6O3. The van der Waals surface area contributed by atoms with Gasteiger partial charge in [0.25, 0.3) is 5.69 Å². The zero-order valence-corrected chi connectivity index (χ0v) is 12.6. The minimum absolute atomic E-state index is 0.145. The molecule has 1 aliphatic heterocycles. The number of nitro benzene ring substituents is 1. The molecule has 0 radical (unpaired) electrons. The number of anilines is 1. The van der Waals surface area contributed by atoms with E-state index in [0.717, 1.165) is 13.1 Å². The lowest BCUT2D eigenvalue weighted by Gasteiger charge is -2.35. The van der Waals surface area contributed by atoms with E-state index in [-0.39, 0.29) is 17.2 Å². The van der Waals surface area contributed by atoms with Crippen LogP contribution in [0.15, 0.2) is 28.8 Å². The van der Waals surface area contributed by atoms with Crippen molar-refractivity contribution in [1.29, 1.82) is 0 Å². The maximum atomic E-state index is 11.1. The summed E-state index contributed by atoms with van der Waals surface area (Å²) in [5, 5.41) is 15.0. The lowest BCUT2D eigenvalue weighted by atomic mass is 10.2. The Kier molecular flexibility index (Phi) is 4.49. The fourth-order valence-corrected chi connectivity index (χ4v) is 2.67. The molecule has 1 fully saturated rings. The molecule has 0 spiro atoms. The van der Waals surface area contributed by atoms with Crippen molar-refractivity contribution in [3.8, 4) is 0 Å². The highest BCUT2D eigenvalue weighted by atomic mass is 16.6. The predicted octanol–water partition coefficient (Wildman–Crippen LogP) is 0.759. The molecule has 0 atom stereocenters. The first-order valence-corrected chi connectivity index (χ1v) is 7.39. The van der Waals surface area contributed by atoms with Crippen molar-refractivity contribution < 1.29 is 9.45 Å². The molecule has 1 aromatic carbocycles. The van der Waals surface area contributed by atoms with Crippen LogP contribution >= 0.6 is 0 Å². The third-order valence-electron chi connectivity index (χ3n) is 3.84. The fourth-order valence-electron chi connectivity index (χ4n) is 2.67. The number of hydrogen-bond donors (Lipinski definition) is 1. The van der Waals surface area contributed by atoms with Crippen molar-refractivity contribution in [2.24, 2.45) is 5.73 Å². The van der Waals surface area contributed by atoms with Gasteiger partial charge in [0, 0.05) is 32.2 Å². The quantitative estimate of drug-likeness (QED) is 0.634. The molecule has 1 aliphatic rings. The van der Waals surface area contributed by atoms with Gasteiger partial charge >= 0.3 is 0 Å². The largest absolute Gasteiger partial charge is 0.363 e. The average Bonchev–Trinajstić information content (AvgIpc) is 3.03. The number of rotatable bonds is 5. The minimum Gasteiger partial charge on any atom is -0.363 e. The van der Waals surface area contributed by atoms with E-state index in [0.29, 0.717) is 37.0 Å². The summed E-state index contributed by atoms with van der Waals surface area (Å²) in [4.78, 5) is 19.2. The van der Waals surface area contributed by atoms with E-state index < -0.39 is 0 Å². The first kappa shape index (κ1) is 15.4. The number of nitro groups is 1.